The molecule has 2 aromatic rings. The van der Waals surface area contributed by atoms with Crippen molar-refractivity contribution in [2.75, 3.05) is 26.0 Å². The van der Waals surface area contributed by atoms with Gasteiger partial charge in [-0.1, -0.05) is 12.1 Å². The highest BCUT2D eigenvalue weighted by atomic mass is 16.2. The third-order valence-electron chi connectivity index (χ3n) is 2.52. The van der Waals surface area contributed by atoms with Crippen LogP contribution in [0.3, 0.4) is 0 Å². The Labute approximate surface area is 99.8 Å². The normalized spacial score (nSPS) is 10.5. The fourth-order valence-corrected chi connectivity index (χ4v) is 1.55. The minimum Gasteiger partial charge on any atom is -0.355 e. The van der Waals surface area contributed by atoms with Crippen molar-refractivity contribution in [3.63, 3.8) is 0 Å². The Bertz CT molecular complexity index is 485. The van der Waals surface area contributed by atoms with Gasteiger partial charge >= 0.3 is 0 Å². The van der Waals surface area contributed by atoms with Crippen LogP contribution in [0, 0.1) is 0 Å². The Kier molecular flexibility index (Phi) is 3.27. The quantitative estimate of drug-likeness (QED) is 0.838. The van der Waals surface area contributed by atoms with E-state index >= 15 is 0 Å². The Hall–Kier alpha value is -2.04. The maximum atomic E-state index is 11.4. The van der Waals surface area contributed by atoms with Crippen molar-refractivity contribution < 1.29 is 4.79 Å². The van der Waals surface area contributed by atoms with Gasteiger partial charge in [-0.25, -0.2) is 4.98 Å². The van der Waals surface area contributed by atoms with Crippen LogP contribution in [0.1, 0.15) is 6.42 Å². The van der Waals surface area contributed by atoms with E-state index in [0.29, 0.717) is 18.9 Å². The molecule has 2 rings (SSSR count). The van der Waals surface area contributed by atoms with Crippen LogP contribution in [0.15, 0.2) is 24.3 Å². The summed E-state index contributed by atoms with van der Waals surface area (Å²) in [6, 6.07) is 7.82. The Morgan fingerprint density at radius 2 is 2.18 bits per heavy atom. The first-order valence-corrected chi connectivity index (χ1v) is 5.55. The summed E-state index contributed by atoms with van der Waals surface area (Å²) in [5, 5.41) is 3.11. The molecule has 1 aromatic heterocycles. The first-order valence-electron chi connectivity index (χ1n) is 5.55. The van der Waals surface area contributed by atoms with Gasteiger partial charge in [0.05, 0.1) is 11.0 Å². The second-order valence-electron chi connectivity index (χ2n) is 4.07. The summed E-state index contributed by atoms with van der Waals surface area (Å²) in [5.41, 5.74) is 1.92. The predicted molar refractivity (Wildman–Crippen MR) is 67.9 cm³/mol. The number of nitrogens with zero attached hydrogens (tertiary/aromatic N) is 2. The van der Waals surface area contributed by atoms with E-state index in [2.05, 4.69) is 15.3 Å². The summed E-state index contributed by atoms with van der Waals surface area (Å²) in [4.78, 5) is 20.5. The van der Waals surface area contributed by atoms with E-state index in [9.17, 15) is 4.79 Å². The summed E-state index contributed by atoms with van der Waals surface area (Å²) in [6.45, 7) is 0.580. The summed E-state index contributed by atoms with van der Waals surface area (Å²) in [5.74, 6) is 0.811. The maximum absolute atomic E-state index is 11.4. The van der Waals surface area contributed by atoms with Crippen LogP contribution < -0.4 is 5.32 Å². The van der Waals surface area contributed by atoms with Gasteiger partial charge < -0.3 is 15.2 Å². The molecular weight excluding hydrogens is 216 g/mol. The summed E-state index contributed by atoms with van der Waals surface area (Å²) in [6.07, 6.45) is 0.462. The molecule has 2 N–H and O–H groups in total. The molecule has 1 heterocycles. The van der Waals surface area contributed by atoms with Crippen LogP contribution in [-0.4, -0.2) is 41.4 Å². The lowest BCUT2D eigenvalue weighted by Gasteiger charge is -2.09. The van der Waals surface area contributed by atoms with E-state index in [1.54, 1.807) is 19.0 Å². The third kappa shape index (κ3) is 2.75. The smallest absolute Gasteiger partial charge is 0.223 e. The molecule has 90 valence electrons. The average Bonchev–Trinajstić information content (AvgIpc) is 2.71. The Morgan fingerprint density at radius 1 is 1.41 bits per heavy atom. The van der Waals surface area contributed by atoms with E-state index in [-0.39, 0.29) is 5.91 Å². The molecule has 0 aliphatic heterocycles. The number of hydrogen-bond acceptors (Lipinski definition) is 3. The van der Waals surface area contributed by atoms with Gasteiger partial charge in [-0.15, -0.1) is 0 Å². The zero-order valence-corrected chi connectivity index (χ0v) is 10.0. The number of imidazole rings is 1. The monoisotopic (exact) mass is 232 g/mol. The average molecular weight is 232 g/mol. The largest absolute Gasteiger partial charge is 0.355 e. The lowest BCUT2D eigenvalue weighted by molar-refractivity contribution is -0.128. The highest BCUT2D eigenvalue weighted by Crippen LogP contribution is 2.12. The number of rotatable bonds is 4. The molecule has 5 heteroatoms. The minimum absolute atomic E-state index is 0.105. The molecule has 0 fully saturated rings. The van der Waals surface area contributed by atoms with Crippen molar-refractivity contribution in [2.24, 2.45) is 0 Å². The van der Waals surface area contributed by atoms with Gasteiger partial charge in [0.25, 0.3) is 0 Å². The molecule has 0 radical (unpaired) electrons. The molecule has 0 spiro atoms. The first kappa shape index (κ1) is 11.4. The van der Waals surface area contributed by atoms with Gasteiger partial charge in [-0.2, -0.15) is 0 Å². The molecule has 0 bridgehead atoms. The van der Waals surface area contributed by atoms with Gasteiger partial charge in [-0.05, 0) is 12.1 Å². The zero-order valence-electron chi connectivity index (χ0n) is 10.0. The van der Waals surface area contributed by atoms with Crippen LogP contribution in [0.4, 0.5) is 5.95 Å². The highest BCUT2D eigenvalue weighted by molar-refractivity contribution is 5.78. The van der Waals surface area contributed by atoms with Crippen LogP contribution in [-0.2, 0) is 4.79 Å². The zero-order chi connectivity index (χ0) is 12.3. The Balaban J connectivity index is 1.93. The summed E-state index contributed by atoms with van der Waals surface area (Å²) < 4.78 is 0. The lowest BCUT2D eigenvalue weighted by Crippen LogP contribution is -2.24. The molecule has 1 aromatic carbocycles. The van der Waals surface area contributed by atoms with Crippen molar-refractivity contribution in [1.82, 2.24) is 14.9 Å². The van der Waals surface area contributed by atoms with Gasteiger partial charge in [0, 0.05) is 27.1 Å². The molecule has 0 saturated carbocycles. The molecule has 1 amide bonds. The topological polar surface area (TPSA) is 61.0 Å². The second kappa shape index (κ2) is 4.86. The number of para-hydroxylation sites is 2. The highest BCUT2D eigenvalue weighted by Gasteiger charge is 2.04. The maximum Gasteiger partial charge on any atom is 0.223 e. The van der Waals surface area contributed by atoms with Gasteiger partial charge in [-0.3, -0.25) is 4.79 Å². The molecule has 0 atom stereocenters. The SMILES string of the molecule is CN(C)C(=O)CCNc1nc2ccccc2[nH]1. The first-order chi connectivity index (χ1) is 8.16. The van der Waals surface area contributed by atoms with Crippen molar-refractivity contribution >= 4 is 22.9 Å². The number of carbonyl (C=O) groups is 1. The number of aromatic nitrogens is 2. The molecule has 0 unspecified atom stereocenters. The number of fused-ring (bicyclic) bond motifs is 1. The number of H-pyrrole nitrogens is 1. The summed E-state index contributed by atoms with van der Waals surface area (Å²) >= 11 is 0. The molecule has 5 nitrogen and oxygen atoms in total. The molecular formula is C12H16N4O. The van der Waals surface area contributed by atoms with Crippen molar-refractivity contribution in [3.8, 4) is 0 Å². The number of aromatic amines is 1. The van der Waals surface area contributed by atoms with Crippen LogP contribution in [0.25, 0.3) is 11.0 Å². The summed E-state index contributed by atoms with van der Waals surface area (Å²) in [7, 11) is 3.51. The second-order valence-corrected chi connectivity index (χ2v) is 4.07. The van der Waals surface area contributed by atoms with Gasteiger partial charge in [0.1, 0.15) is 0 Å². The van der Waals surface area contributed by atoms with Crippen molar-refractivity contribution in [3.05, 3.63) is 24.3 Å². The van der Waals surface area contributed by atoms with E-state index in [1.807, 2.05) is 24.3 Å². The molecule has 0 aliphatic carbocycles. The number of benzene rings is 1. The lowest BCUT2D eigenvalue weighted by atomic mass is 10.3. The number of amides is 1. The van der Waals surface area contributed by atoms with Crippen LogP contribution in [0.5, 0.6) is 0 Å². The number of hydrogen-bond donors (Lipinski definition) is 2. The molecule has 17 heavy (non-hydrogen) atoms. The number of carbonyl (C=O) groups excluding carboxylic acids is 1. The van der Waals surface area contributed by atoms with Crippen LogP contribution >= 0.6 is 0 Å². The van der Waals surface area contributed by atoms with E-state index in [4.69, 9.17) is 0 Å². The third-order valence-corrected chi connectivity index (χ3v) is 2.52. The Morgan fingerprint density at radius 3 is 2.88 bits per heavy atom. The molecule has 0 aliphatic rings. The van der Waals surface area contributed by atoms with Gasteiger partial charge in [0.15, 0.2) is 0 Å². The van der Waals surface area contributed by atoms with Crippen molar-refractivity contribution in [2.45, 2.75) is 6.42 Å². The van der Waals surface area contributed by atoms with E-state index in [1.165, 1.54) is 0 Å². The van der Waals surface area contributed by atoms with E-state index in [0.717, 1.165) is 11.0 Å². The fourth-order valence-electron chi connectivity index (χ4n) is 1.55. The van der Waals surface area contributed by atoms with E-state index < -0.39 is 0 Å². The van der Waals surface area contributed by atoms with Crippen LogP contribution in [0.2, 0.25) is 0 Å². The van der Waals surface area contributed by atoms with Gasteiger partial charge in [0.2, 0.25) is 11.9 Å². The standard InChI is InChI=1S/C12H16N4O/c1-16(2)11(17)7-8-13-12-14-9-5-3-4-6-10(9)15-12/h3-6H,7-8H2,1-2H3,(H2,13,14,15). The fraction of sp³-hybridized carbons (Fsp3) is 0.333. The molecule has 0 saturated heterocycles. The number of nitrogens with one attached hydrogen (secondary N) is 2. The number of anilines is 1. The predicted octanol–water partition coefficient (Wildman–Crippen LogP) is 1.45. The minimum atomic E-state index is 0.105. The van der Waals surface area contributed by atoms with Crippen molar-refractivity contribution in [1.29, 1.82) is 0 Å².